The molecule has 22 heavy (non-hydrogen) atoms. The molecule has 2 rings (SSSR count). The second-order valence-corrected chi connectivity index (χ2v) is 6.20. The van der Waals surface area contributed by atoms with Gasteiger partial charge in [0.15, 0.2) is 0 Å². The van der Waals surface area contributed by atoms with Gasteiger partial charge in [0, 0.05) is 19.7 Å². The predicted molar refractivity (Wildman–Crippen MR) is 87.2 cm³/mol. The van der Waals surface area contributed by atoms with Crippen molar-refractivity contribution in [2.24, 2.45) is 0 Å². The Hall–Kier alpha value is -1.39. The lowest BCUT2D eigenvalue weighted by Gasteiger charge is -2.37. The molecule has 0 amide bonds. The highest BCUT2D eigenvalue weighted by Crippen LogP contribution is 2.31. The van der Waals surface area contributed by atoms with Gasteiger partial charge in [-0.15, -0.1) is 0 Å². The first-order valence-corrected chi connectivity index (χ1v) is 8.32. The molecule has 1 aliphatic carbocycles. The summed E-state index contributed by atoms with van der Waals surface area (Å²) in [6.07, 6.45) is 7.14. The summed E-state index contributed by atoms with van der Waals surface area (Å²) >= 11 is 0. The van der Waals surface area contributed by atoms with Gasteiger partial charge >= 0.3 is 5.97 Å². The van der Waals surface area contributed by atoms with E-state index >= 15 is 0 Å². The van der Waals surface area contributed by atoms with Crippen LogP contribution in [0.5, 0.6) is 0 Å². The van der Waals surface area contributed by atoms with Crippen LogP contribution in [0.3, 0.4) is 0 Å². The second kappa shape index (κ2) is 8.30. The van der Waals surface area contributed by atoms with Crippen LogP contribution in [0.15, 0.2) is 24.3 Å². The van der Waals surface area contributed by atoms with Gasteiger partial charge in [0.25, 0.3) is 0 Å². The Bertz CT molecular complexity index is 464. The summed E-state index contributed by atoms with van der Waals surface area (Å²) in [5, 5.41) is 12.4. The topological polar surface area (TPSA) is 58.6 Å². The van der Waals surface area contributed by atoms with Crippen LogP contribution in [0.4, 0.5) is 0 Å². The lowest BCUT2D eigenvalue weighted by Crippen LogP contribution is -2.44. The summed E-state index contributed by atoms with van der Waals surface area (Å²) in [6.45, 7) is 4.59. The van der Waals surface area contributed by atoms with E-state index in [1.165, 1.54) is 19.3 Å². The van der Waals surface area contributed by atoms with E-state index < -0.39 is 5.97 Å². The molecule has 0 saturated heterocycles. The van der Waals surface area contributed by atoms with Crippen molar-refractivity contribution in [3.05, 3.63) is 35.4 Å². The van der Waals surface area contributed by atoms with Crippen molar-refractivity contribution in [2.45, 2.75) is 57.6 Å². The maximum Gasteiger partial charge on any atom is 0.335 e. The first-order chi connectivity index (χ1) is 10.7. The maximum atomic E-state index is 10.8. The Balaban J connectivity index is 1.85. The average Bonchev–Trinajstić information content (AvgIpc) is 2.54. The highest BCUT2D eigenvalue weighted by molar-refractivity contribution is 5.87. The third-order valence-corrected chi connectivity index (χ3v) is 4.35. The molecule has 1 saturated carbocycles. The number of aromatic carboxylic acids is 1. The van der Waals surface area contributed by atoms with Crippen molar-refractivity contribution in [3.8, 4) is 0 Å². The molecule has 0 heterocycles. The smallest absolute Gasteiger partial charge is 0.335 e. The van der Waals surface area contributed by atoms with Crippen LogP contribution in [0.1, 0.15) is 61.4 Å². The fourth-order valence-corrected chi connectivity index (χ4v) is 3.09. The van der Waals surface area contributed by atoms with Gasteiger partial charge in [-0.05, 0) is 37.0 Å². The number of carboxylic acid groups (broad SMARTS) is 1. The van der Waals surface area contributed by atoms with Gasteiger partial charge < -0.3 is 15.2 Å². The van der Waals surface area contributed by atoms with E-state index in [4.69, 9.17) is 9.84 Å². The van der Waals surface area contributed by atoms with E-state index in [0.717, 1.165) is 44.5 Å². The molecule has 0 spiro atoms. The van der Waals surface area contributed by atoms with Gasteiger partial charge in [0.2, 0.25) is 0 Å². The minimum Gasteiger partial charge on any atom is -0.478 e. The van der Waals surface area contributed by atoms with Gasteiger partial charge in [0.05, 0.1) is 11.2 Å². The summed E-state index contributed by atoms with van der Waals surface area (Å²) < 4.78 is 6.17. The first kappa shape index (κ1) is 17.0. The minimum atomic E-state index is -0.881. The molecule has 4 nitrogen and oxygen atoms in total. The third-order valence-electron chi connectivity index (χ3n) is 4.35. The third kappa shape index (κ3) is 4.82. The van der Waals surface area contributed by atoms with Crippen LogP contribution in [-0.2, 0) is 11.3 Å². The Morgan fingerprint density at radius 1 is 1.23 bits per heavy atom. The molecular formula is C18H27NO3. The number of carboxylic acids is 1. The molecule has 0 unspecified atom stereocenters. The normalized spacial score (nSPS) is 17.3. The van der Waals surface area contributed by atoms with Crippen molar-refractivity contribution in [1.82, 2.24) is 5.32 Å². The van der Waals surface area contributed by atoms with Gasteiger partial charge in [-0.3, -0.25) is 0 Å². The second-order valence-electron chi connectivity index (χ2n) is 6.20. The van der Waals surface area contributed by atoms with Gasteiger partial charge in [-0.1, -0.05) is 38.3 Å². The van der Waals surface area contributed by atoms with Crippen LogP contribution in [0.25, 0.3) is 0 Å². The summed E-state index contributed by atoms with van der Waals surface area (Å²) in [7, 11) is 0. The van der Waals surface area contributed by atoms with Crippen LogP contribution < -0.4 is 5.32 Å². The first-order valence-electron chi connectivity index (χ1n) is 8.32. The van der Waals surface area contributed by atoms with Gasteiger partial charge in [-0.2, -0.15) is 0 Å². The number of nitrogens with one attached hydrogen (secondary N) is 1. The van der Waals surface area contributed by atoms with Crippen LogP contribution in [-0.4, -0.2) is 29.8 Å². The zero-order valence-electron chi connectivity index (χ0n) is 13.4. The van der Waals surface area contributed by atoms with Gasteiger partial charge in [0.1, 0.15) is 0 Å². The lowest BCUT2D eigenvalue weighted by molar-refractivity contribution is -0.0683. The minimum absolute atomic E-state index is 0.00470. The quantitative estimate of drug-likeness (QED) is 0.770. The number of benzene rings is 1. The number of hydrogen-bond donors (Lipinski definition) is 2. The van der Waals surface area contributed by atoms with Crippen LogP contribution in [0, 0.1) is 0 Å². The molecule has 1 aromatic rings. The van der Waals surface area contributed by atoms with E-state index in [1.807, 2.05) is 12.1 Å². The largest absolute Gasteiger partial charge is 0.478 e. The molecule has 0 aromatic heterocycles. The van der Waals surface area contributed by atoms with E-state index in [2.05, 4.69) is 12.2 Å². The van der Waals surface area contributed by atoms with E-state index in [1.54, 1.807) is 12.1 Å². The highest BCUT2D eigenvalue weighted by Gasteiger charge is 2.32. The molecule has 1 aliphatic rings. The number of ether oxygens (including phenoxy) is 1. The molecule has 0 atom stereocenters. The predicted octanol–water partition coefficient (Wildman–Crippen LogP) is 3.60. The summed E-state index contributed by atoms with van der Waals surface area (Å²) in [5.41, 5.74) is 1.43. The monoisotopic (exact) mass is 305 g/mol. The zero-order valence-corrected chi connectivity index (χ0v) is 13.4. The van der Waals surface area contributed by atoms with Crippen molar-refractivity contribution in [3.63, 3.8) is 0 Å². The van der Waals surface area contributed by atoms with E-state index in [-0.39, 0.29) is 5.60 Å². The molecule has 0 aliphatic heterocycles. The van der Waals surface area contributed by atoms with Crippen molar-refractivity contribution in [2.75, 3.05) is 13.2 Å². The Morgan fingerprint density at radius 2 is 1.91 bits per heavy atom. The Kier molecular flexibility index (Phi) is 6.40. The number of hydrogen-bond acceptors (Lipinski definition) is 3. The molecular weight excluding hydrogens is 278 g/mol. The molecule has 1 fully saturated rings. The molecule has 2 N–H and O–H groups in total. The number of carbonyl (C=O) groups is 1. The van der Waals surface area contributed by atoms with Crippen molar-refractivity contribution in [1.29, 1.82) is 0 Å². The van der Waals surface area contributed by atoms with Crippen LogP contribution >= 0.6 is 0 Å². The van der Waals surface area contributed by atoms with E-state index in [9.17, 15) is 4.79 Å². The van der Waals surface area contributed by atoms with Crippen LogP contribution in [0.2, 0.25) is 0 Å². The lowest BCUT2D eigenvalue weighted by atomic mass is 9.84. The molecule has 4 heteroatoms. The maximum absolute atomic E-state index is 10.8. The summed E-state index contributed by atoms with van der Waals surface area (Å²) in [5.74, 6) is -0.881. The molecule has 1 aromatic carbocycles. The molecule has 0 bridgehead atoms. The average molecular weight is 305 g/mol. The molecule has 0 radical (unpaired) electrons. The standard InChI is InChI=1S/C18H27NO3/c1-2-12-22-18(10-4-3-5-11-18)14-19-13-15-6-8-16(9-7-15)17(20)21/h6-9,19H,2-5,10-14H2,1H3,(H,20,21). The fraction of sp³-hybridized carbons (Fsp3) is 0.611. The Labute approximate surface area is 132 Å². The summed E-state index contributed by atoms with van der Waals surface area (Å²) in [6, 6.07) is 7.06. The van der Waals surface area contributed by atoms with Gasteiger partial charge in [-0.25, -0.2) is 4.79 Å². The Morgan fingerprint density at radius 3 is 2.50 bits per heavy atom. The highest BCUT2D eigenvalue weighted by atomic mass is 16.5. The summed E-state index contributed by atoms with van der Waals surface area (Å²) in [4.78, 5) is 10.8. The fourth-order valence-electron chi connectivity index (χ4n) is 3.09. The SMILES string of the molecule is CCCOC1(CNCc2ccc(C(=O)O)cc2)CCCCC1. The zero-order chi connectivity index (χ0) is 15.8. The van der Waals surface area contributed by atoms with Crippen molar-refractivity contribution < 1.29 is 14.6 Å². The van der Waals surface area contributed by atoms with E-state index in [0.29, 0.717) is 5.56 Å². The molecule has 122 valence electrons. The van der Waals surface area contributed by atoms with Crippen molar-refractivity contribution >= 4 is 5.97 Å². The number of rotatable bonds is 8.